The van der Waals surface area contributed by atoms with Gasteiger partial charge in [-0.25, -0.2) is 0 Å². The number of nitrogens with one attached hydrogen (secondary N) is 1. The summed E-state index contributed by atoms with van der Waals surface area (Å²) >= 11 is 0. The number of benzene rings is 1. The molecule has 74 valence electrons. The second-order valence-corrected chi connectivity index (χ2v) is 3.06. The minimum absolute atomic E-state index is 0.425. The Balaban J connectivity index is 3.11. The molecule has 0 amide bonds. The Bertz CT molecular complexity index is 355. The van der Waals surface area contributed by atoms with Gasteiger partial charge in [-0.2, -0.15) is 5.10 Å². The zero-order valence-electron chi connectivity index (χ0n) is 8.36. The minimum atomic E-state index is 0.425. The molecular weight excluding hydrogens is 176 g/mol. The Labute approximate surface area is 83.5 Å². The molecule has 0 heterocycles. The number of nitrogens with two attached hydrogens (primary N) is 1. The summed E-state index contributed by atoms with van der Waals surface area (Å²) in [6, 6.07) is 7.43. The Hall–Kier alpha value is -1.84. The normalized spacial score (nSPS) is 11.1. The summed E-state index contributed by atoms with van der Waals surface area (Å²) < 4.78 is 0. The summed E-state index contributed by atoms with van der Waals surface area (Å²) in [6.45, 7) is 0. The van der Waals surface area contributed by atoms with Gasteiger partial charge in [0.1, 0.15) is 0 Å². The van der Waals surface area contributed by atoms with Crippen molar-refractivity contribution in [2.75, 3.05) is 14.1 Å². The van der Waals surface area contributed by atoms with E-state index in [9.17, 15) is 0 Å². The van der Waals surface area contributed by atoms with E-state index in [0.717, 1.165) is 11.1 Å². The van der Waals surface area contributed by atoms with Crippen LogP contribution in [0.1, 0.15) is 11.1 Å². The number of hydrogen-bond acceptors (Lipinski definition) is 3. The van der Waals surface area contributed by atoms with Crippen LogP contribution in [0.4, 0.5) is 0 Å². The first-order chi connectivity index (χ1) is 6.65. The maximum Gasteiger partial charge on any atom is 0.151 e. The van der Waals surface area contributed by atoms with E-state index in [1.54, 1.807) is 19.1 Å². The Morgan fingerprint density at radius 3 is 2.64 bits per heavy atom. The number of amidine groups is 1. The Kier molecular flexibility index (Phi) is 3.23. The van der Waals surface area contributed by atoms with Gasteiger partial charge in [-0.3, -0.25) is 0 Å². The lowest BCUT2D eigenvalue weighted by molar-refractivity contribution is 0.437. The molecule has 0 unspecified atom stereocenters. The first kappa shape index (κ1) is 10.2. The Morgan fingerprint density at radius 1 is 1.43 bits per heavy atom. The first-order valence-electron chi connectivity index (χ1n) is 4.26. The molecule has 0 aliphatic carbocycles. The number of rotatable bonds is 3. The average molecular weight is 190 g/mol. The van der Waals surface area contributed by atoms with Crippen LogP contribution < -0.4 is 5.73 Å². The van der Waals surface area contributed by atoms with Crippen LogP contribution in [0.2, 0.25) is 0 Å². The highest BCUT2D eigenvalue weighted by Gasteiger charge is 2.03. The van der Waals surface area contributed by atoms with Crippen molar-refractivity contribution in [1.82, 2.24) is 5.01 Å². The van der Waals surface area contributed by atoms with Crippen molar-refractivity contribution in [3.8, 4) is 0 Å². The van der Waals surface area contributed by atoms with E-state index < -0.39 is 0 Å². The number of nitrogens with zero attached hydrogens (tertiary/aromatic N) is 2. The van der Waals surface area contributed by atoms with Crippen molar-refractivity contribution in [3.05, 3.63) is 35.4 Å². The van der Waals surface area contributed by atoms with E-state index in [1.165, 1.54) is 6.21 Å². The van der Waals surface area contributed by atoms with Crippen molar-refractivity contribution < 1.29 is 0 Å². The standard InChI is InChI=1S/C10H14N4/c1-14(2)13-10(12)9-6-4-3-5-8(9)7-11/h3-7,11H,1-2H3,(H2,12,13). The smallest absolute Gasteiger partial charge is 0.151 e. The first-order valence-corrected chi connectivity index (χ1v) is 4.26. The average Bonchev–Trinajstić information content (AvgIpc) is 2.16. The highest BCUT2D eigenvalue weighted by Crippen LogP contribution is 2.05. The van der Waals surface area contributed by atoms with E-state index in [1.807, 2.05) is 24.3 Å². The molecule has 0 aliphatic heterocycles. The molecule has 3 N–H and O–H groups in total. The number of hydrogen-bond donors (Lipinski definition) is 2. The fraction of sp³-hybridized carbons (Fsp3) is 0.200. The van der Waals surface area contributed by atoms with E-state index in [2.05, 4.69) is 5.10 Å². The second-order valence-electron chi connectivity index (χ2n) is 3.06. The van der Waals surface area contributed by atoms with Crippen molar-refractivity contribution in [2.24, 2.45) is 10.8 Å². The number of hydrazone groups is 1. The predicted molar refractivity (Wildman–Crippen MR) is 58.7 cm³/mol. The third kappa shape index (κ3) is 2.32. The fourth-order valence-electron chi connectivity index (χ4n) is 1.13. The molecule has 14 heavy (non-hydrogen) atoms. The van der Waals surface area contributed by atoms with E-state index in [-0.39, 0.29) is 0 Å². The predicted octanol–water partition coefficient (Wildman–Crippen LogP) is 0.866. The van der Waals surface area contributed by atoms with Gasteiger partial charge in [0.15, 0.2) is 5.84 Å². The van der Waals surface area contributed by atoms with Crippen LogP contribution in [0.15, 0.2) is 29.4 Å². The fourth-order valence-corrected chi connectivity index (χ4v) is 1.13. The molecule has 1 aromatic rings. The quantitative estimate of drug-likeness (QED) is 0.422. The van der Waals surface area contributed by atoms with Crippen LogP contribution in [0.5, 0.6) is 0 Å². The van der Waals surface area contributed by atoms with Crippen LogP contribution in [0.3, 0.4) is 0 Å². The zero-order chi connectivity index (χ0) is 10.6. The van der Waals surface area contributed by atoms with Crippen LogP contribution in [-0.4, -0.2) is 31.2 Å². The van der Waals surface area contributed by atoms with E-state index in [0.29, 0.717) is 5.84 Å². The van der Waals surface area contributed by atoms with Gasteiger partial charge in [0.25, 0.3) is 0 Å². The van der Waals surface area contributed by atoms with Crippen molar-refractivity contribution in [2.45, 2.75) is 0 Å². The topological polar surface area (TPSA) is 65.5 Å². The minimum Gasteiger partial charge on any atom is -0.382 e. The van der Waals surface area contributed by atoms with Crippen LogP contribution >= 0.6 is 0 Å². The van der Waals surface area contributed by atoms with Crippen molar-refractivity contribution >= 4 is 12.1 Å². The molecule has 0 aromatic heterocycles. The van der Waals surface area contributed by atoms with Gasteiger partial charge >= 0.3 is 0 Å². The lowest BCUT2D eigenvalue weighted by Gasteiger charge is -2.08. The molecule has 0 saturated heterocycles. The van der Waals surface area contributed by atoms with E-state index in [4.69, 9.17) is 11.1 Å². The van der Waals surface area contributed by atoms with Gasteiger partial charge in [-0.15, -0.1) is 0 Å². The third-order valence-electron chi connectivity index (χ3n) is 1.70. The van der Waals surface area contributed by atoms with Gasteiger partial charge in [0.2, 0.25) is 0 Å². The monoisotopic (exact) mass is 190 g/mol. The SMILES string of the molecule is CN(C)/N=C(\N)c1ccccc1C=N. The molecule has 0 saturated carbocycles. The lowest BCUT2D eigenvalue weighted by atomic mass is 10.1. The van der Waals surface area contributed by atoms with Gasteiger partial charge < -0.3 is 16.2 Å². The molecule has 4 nitrogen and oxygen atoms in total. The molecule has 0 spiro atoms. The molecule has 0 radical (unpaired) electrons. The Morgan fingerprint density at radius 2 is 2.07 bits per heavy atom. The zero-order valence-corrected chi connectivity index (χ0v) is 8.36. The summed E-state index contributed by atoms with van der Waals surface area (Å²) in [5.41, 5.74) is 7.34. The van der Waals surface area contributed by atoms with Gasteiger partial charge in [0, 0.05) is 31.4 Å². The molecule has 0 aliphatic rings. The van der Waals surface area contributed by atoms with Crippen molar-refractivity contribution in [1.29, 1.82) is 5.41 Å². The summed E-state index contributed by atoms with van der Waals surface area (Å²) in [4.78, 5) is 0. The molecule has 1 rings (SSSR count). The third-order valence-corrected chi connectivity index (χ3v) is 1.70. The van der Waals surface area contributed by atoms with E-state index >= 15 is 0 Å². The lowest BCUT2D eigenvalue weighted by Crippen LogP contribution is -2.19. The van der Waals surface area contributed by atoms with Crippen molar-refractivity contribution in [3.63, 3.8) is 0 Å². The van der Waals surface area contributed by atoms with Crippen LogP contribution in [-0.2, 0) is 0 Å². The van der Waals surface area contributed by atoms with Crippen LogP contribution in [0.25, 0.3) is 0 Å². The largest absolute Gasteiger partial charge is 0.382 e. The summed E-state index contributed by atoms with van der Waals surface area (Å²) in [7, 11) is 3.61. The molecule has 0 fully saturated rings. The van der Waals surface area contributed by atoms with Gasteiger partial charge in [0.05, 0.1) is 0 Å². The molecular formula is C10H14N4. The molecule has 0 bridgehead atoms. The highest BCUT2D eigenvalue weighted by molar-refractivity contribution is 6.03. The van der Waals surface area contributed by atoms with Gasteiger partial charge in [-0.05, 0) is 0 Å². The van der Waals surface area contributed by atoms with Crippen LogP contribution in [0, 0.1) is 5.41 Å². The maximum atomic E-state index is 7.21. The summed E-state index contributed by atoms with van der Waals surface area (Å²) in [6.07, 6.45) is 1.27. The highest BCUT2D eigenvalue weighted by atomic mass is 15.4. The molecule has 0 atom stereocenters. The molecule has 1 aromatic carbocycles. The summed E-state index contributed by atoms with van der Waals surface area (Å²) in [5.74, 6) is 0.425. The second kappa shape index (κ2) is 4.41. The molecule has 4 heteroatoms. The summed E-state index contributed by atoms with van der Waals surface area (Å²) in [5, 5.41) is 12.9. The maximum absolute atomic E-state index is 7.21. The van der Waals surface area contributed by atoms with Gasteiger partial charge in [-0.1, -0.05) is 24.3 Å².